The van der Waals surface area contributed by atoms with E-state index in [9.17, 15) is 0 Å². The predicted molar refractivity (Wildman–Crippen MR) is 106 cm³/mol. The molecule has 0 aromatic heterocycles. The summed E-state index contributed by atoms with van der Waals surface area (Å²) in [5.74, 6) is 0.806. The molecule has 2 aliphatic rings. The Morgan fingerprint density at radius 1 is 1.00 bits per heavy atom. The Labute approximate surface area is 152 Å². The van der Waals surface area contributed by atoms with Gasteiger partial charge in [0.1, 0.15) is 0 Å². The molecule has 1 aliphatic heterocycles. The lowest BCUT2D eigenvalue weighted by Crippen LogP contribution is -2.10. The van der Waals surface area contributed by atoms with Crippen LogP contribution in [-0.4, -0.2) is 12.7 Å². The maximum Gasteiger partial charge on any atom is 0.0813 e. The number of aryl methyl sites for hydroxylation is 2. The van der Waals surface area contributed by atoms with Gasteiger partial charge in [-0.05, 0) is 77.5 Å². The summed E-state index contributed by atoms with van der Waals surface area (Å²) in [7, 11) is 0. The van der Waals surface area contributed by atoms with Crippen LogP contribution in [0.3, 0.4) is 0 Å². The van der Waals surface area contributed by atoms with Gasteiger partial charge in [0, 0.05) is 0 Å². The van der Waals surface area contributed by atoms with Crippen molar-refractivity contribution < 1.29 is 4.74 Å². The quantitative estimate of drug-likeness (QED) is 0.460. The molecule has 4 rings (SSSR count). The molecular weight excluding hydrogens is 304 g/mol. The summed E-state index contributed by atoms with van der Waals surface area (Å²) in [6, 6.07) is 9.14. The van der Waals surface area contributed by atoms with Crippen molar-refractivity contribution in [3.05, 3.63) is 58.7 Å². The molecule has 1 aliphatic carbocycles. The van der Waals surface area contributed by atoms with Crippen LogP contribution in [0.2, 0.25) is 0 Å². The van der Waals surface area contributed by atoms with Gasteiger partial charge in [0.15, 0.2) is 0 Å². The molecule has 0 amide bonds. The zero-order valence-electron chi connectivity index (χ0n) is 15.7. The first-order valence-electron chi connectivity index (χ1n) is 10.1. The van der Waals surface area contributed by atoms with Gasteiger partial charge in [-0.3, -0.25) is 0 Å². The van der Waals surface area contributed by atoms with Crippen LogP contribution in [0.15, 0.2) is 36.4 Å². The van der Waals surface area contributed by atoms with E-state index in [2.05, 4.69) is 50.3 Å². The maximum atomic E-state index is 5.47. The van der Waals surface area contributed by atoms with Crippen molar-refractivity contribution in [3.63, 3.8) is 0 Å². The minimum atomic E-state index is 0.513. The molecule has 25 heavy (non-hydrogen) atoms. The lowest BCUT2D eigenvalue weighted by molar-refractivity contribution is 0.397. The molecule has 0 N–H and O–H groups in total. The SMILES string of the molecule is CCC(C)CCc1c2c(c(CCC3CO3)c3ccccc13)CC=CC2. The van der Waals surface area contributed by atoms with Crippen molar-refractivity contribution >= 4 is 10.8 Å². The monoisotopic (exact) mass is 334 g/mol. The molecule has 0 radical (unpaired) electrons. The second kappa shape index (κ2) is 7.33. The van der Waals surface area contributed by atoms with Crippen LogP contribution in [0.5, 0.6) is 0 Å². The zero-order chi connectivity index (χ0) is 17.2. The van der Waals surface area contributed by atoms with E-state index in [0.29, 0.717) is 6.10 Å². The number of benzene rings is 2. The van der Waals surface area contributed by atoms with Crippen molar-refractivity contribution in [1.29, 1.82) is 0 Å². The third-order valence-corrected chi connectivity index (χ3v) is 6.18. The standard InChI is InChI=1S/C24H30O/c1-3-17(2)12-14-23-19-8-4-6-10-21(19)24(15-13-18-16-25-18)22-11-7-5-9-20(22)23/h4-8,10,17-18H,3,9,11-16H2,1-2H3. The number of rotatable bonds is 7. The summed E-state index contributed by atoms with van der Waals surface area (Å²) < 4.78 is 5.47. The summed E-state index contributed by atoms with van der Waals surface area (Å²) in [5, 5.41) is 3.00. The fourth-order valence-corrected chi connectivity index (χ4v) is 4.30. The molecule has 0 spiro atoms. The minimum Gasteiger partial charge on any atom is -0.373 e. The highest BCUT2D eigenvalue weighted by Gasteiger charge is 2.25. The number of fused-ring (bicyclic) bond motifs is 2. The Hall–Kier alpha value is -1.60. The maximum absolute atomic E-state index is 5.47. The van der Waals surface area contributed by atoms with Crippen molar-refractivity contribution in [2.45, 2.75) is 64.9 Å². The van der Waals surface area contributed by atoms with E-state index in [0.717, 1.165) is 31.8 Å². The molecule has 1 heteroatoms. The van der Waals surface area contributed by atoms with Gasteiger partial charge in [-0.25, -0.2) is 0 Å². The highest BCUT2D eigenvalue weighted by molar-refractivity contribution is 5.91. The largest absolute Gasteiger partial charge is 0.373 e. The number of hydrogen-bond donors (Lipinski definition) is 0. The minimum absolute atomic E-state index is 0.513. The molecule has 1 heterocycles. The van der Waals surface area contributed by atoms with Gasteiger partial charge in [-0.15, -0.1) is 0 Å². The van der Waals surface area contributed by atoms with Crippen LogP contribution < -0.4 is 0 Å². The second-order valence-electron chi connectivity index (χ2n) is 7.89. The molecule has 2 aromatic rings. The fraction of sp³-hybridized carbons (Fsp3) is 0.500. The van der Waals surface area contributed by atoms with Crippen molar-refractivity contribution in [1.82, 2.24) is 0 Å². The first-order valence-corrected chi connectivity index (χ1v) is 10.1. The fourth-order valence-electron chi connectivity index (χ4n) is 4.30. The molecule has 1 fully saturated rings. The van der Waals surface area contributed by atoms with Crippen LogP contribution in [0.1, 0.15) is 55.4 Å². The molecular formula is C24H30O. The number of epoxide rings is 1. The molecule has 132 valence electrons. The lowest BCUT2D eigenvalue weighted by atomic mass is 9.80. The van der Waals surface area contributed by atoms with Gasteiger partial charge in [0.2, 0.25) is 0 Å². The van der Waals surface area contributed by atoms with E-state index in [1.54, 1.807) is 22.3 Å². The molecule has 0 saturated carbocycles. The number of hydrogen-bond acceptors (Lipinski definition) is 1. The van der Waals surface area contributed by atoms with Gasteiger partial charge in [-0.1, -0.05) is 56.7 Å². The van der Waals surface area contributed by atoms with Gasteiger partial charge in [0.25, 0.3) is 0 Å². The molecule has 1 nitrogen and oxygen atoms in total. The Morgan fingerprint density at radius 2 is 1.60 bits per heavy atom. The Morgan fingerprint density at radius 3 is 2.16 bits per heavy atom. The van der Waals surface area contributed by atoms with Crippen molar-refractivity contribution in [3.8, 4) is 0 Å². The van der Waals surface area contributed by atoms with Gasteiger partial charge in [-0.2, -0.15) is 0 Å². The highest BCUT2D eigenvalue weighted by atomic mass is 16.6. The molecule has 2 atom stereocenters. The third-order valence-electron chi connectivity index (χ3n) is 6.18. The second-order valence-corrected chi connectivity index (χ2v) is 7.89. The normalized spacial score (nSPS) is 19.8. The lowest BCUT2D eigenvalue weighted by Gasteiger charge is -2.24. The number of ether oxygens (including phenoxy) is 1. The van der Waals surface area contributed by atoms with Crippen molar-refractivity contribution in [2.75, 3.05) is 6.61 Å². The van der Waals surface area contributed by atoms with Gasteiger partial charge >= 0.3 is 0 Å². The Balaban J connectivity index is 1.79. The van der Waals surface area contributed by atoms with E-state index in [1.807, 2.05) is 0 Å². The van der Waals surface area contributed by atoms with E-state index in [-0.39, 0.29) is 0 Å². The van der Waals surface area contributed by atoms with Crippen molar-refractivity contribution in [2.24, 2.45) is 5.92 Å². The summed E-state index contributed by atoms with van der Waals surface area (Å²) in [6.45, 7) is 5.66. The summed E-state index contributed by atoms with van der Waals surface area (Å²) in [5.41, 5.74) is 6.48. The van der Waals surface area contributed by atoms with Crippen LogP contribution in [0.4, 0.5) is 0 Å². The first-order chi connectivity index (χ1) is 12.3. The first kappa shape index (κ1) is 16.8. The summed E-state index contributed by atoms with van der Waals surface area (Å²) in [6.07, 6.45) is 13.6. The molecule has 2 unspecified atom stereocenters. The van der Waals surface area contributed by atoms with Gasteiger partial charge < -0.3 is 4.74 Å². The van der Waals surface area contributed by atoms with Crippen LogP contribution in [0, 0.1) is 5.92 Å². The topological polar surface area (TPSA) is 12.5 Å². The van der Waals surface area contributed by atoms with Gasteiger partial charge in [0.05, 0.1) is 12.7 Å². The van der Waals surface area contributed by atoms with Crippen LogP contribution >= 0.6 is 0 Å². The Bertz CT molecular complexity index is 782. The smallest absolute Gasteiger partial charge is 0.0813 e. The highest BCUT2D eigenvalue weighted by Crippen LogP contribution is 2.36. The average Bonchev–Trinajstić information content (AvgIpc) is 3.48. The number of allylic oxidation sites excluding steroid dienone is 2. The van der Waals surface area contributed by atoms with E-state index in [4.69, 9.17) is 4.74 Å². The molecule has 1 saturated heterocycles. The zero-order valence-corrected chi connectivity index (χ0v) is 15.7. The molecule has 2 aromatic carbocycles. The summed E-state index contributed by atoms with van der Waals surface area (Å²) in [4.78, 5) is 0. The molecule has 0 bridgehead atoms. The van der Waals surface area contributed by atoms with Crippen LogP contribution in [-0.2, 0) is 30.4 Å². The predicted octanol–water partition coefficient (Wildman–Crippen LogP) is 5.80. The van der Waals surface area contributed by atoms with Crippen LogP contribution in [0.25, 0.3) is 10.8 Å². The van der Waals surface area contributed by atoms with E-state index in [1.165, 1.54) is 36.5 Å². The Kier molecular flexibility index (Phi) is 4.94. The van der Waals surface area contributed by atoms with E-state index >= 15 is 0 Å². The summed E-state index contributed by atoms with van der Waals surface area (Å²) >= 11 is 0. The third kappa shape index (κ3) is 3.53. The average molecular weight is 335 g/mol. The van der Waals surface area contributed by atoms with E-state index < -0.39 is 0 Å².